The third-order valence-electron chi connectivity index (χ3n) is 4.38. The first-order valence-corrected chi connectivity index (χ1v) is 8.92. The lowest BCUT2D eigenvalue weighted by molar-refractivity contribution is -0.389. The second-order valence-corrected chi connectivity index (χ2v) is 6.44. The van der Waals surface area contributed by atoms with Gasteiger partial charge in [-0.15, -0.1) is 0 Å². The summed E-state index contributed by atoms with van der Waals surface area (Å²) < 4.78 is 10.8. The summed E-state index contributed by atoms with van der Waals surface area (Å²) in [5.41, 5.74) is 1.37. The van der Waals surface area contributed by atoms with Crippen LogP contribution in [0.5, 0.6) is 11.5 Å². The maximum atomic E-state index is 12.8. The molecule has 1 atom stereocenters. The van der Waals surface area contributed by atoms with Crippen molar-refractivity contribution in [3.8, 4) is 11.5 Å². The van der Waals surface area contributed by atoms with Gasteiger partial charge in [0.2, 0.25) is 5.91 Å². The van der Waals surface area contributed by atoms with Crippen molar-refractivity contribution in [1.29, 1.82) is 0 Å². The van der Waals surface area contributed by atoms with Crippen LogP contribution in [0.4, 0.5) is 17.3 Å². The molecule has 0 bridgehead atoms. The van der Waals surface area contributed by atoms with Crippen molar-refractivity contribution in [2.24, 2.45) is 0 Å². The molecule has 10 nitrogen and oxygen atoms in total. The zero-order valence-electron chi connectivity index (χ0n) is 16.2. The summed E-state index contributed by atoms with van der Waals surface area (Å²) in [4.78, 5) is 40.8. The summed E-state index contributed by atoms with van der Waals surface area (Å²) in [6.07, 6.45) is -0.425. The van der Waals surface area contributed by atoms with Crippen LogP contribution >= 0.6 is 0 Å². The first kappa shape index (κ1) is 20.1. The van der Waals surface area contributed by atoms with Crippen LogP contribution in [0.3, 0.4) is 0 Å². The molecular formula is C19H20N4O6. The van der Waals surface area contributed by atoms with Gasteiger partial charge in [-0.25, -0.2) is 0 Å². The van der Waals surface area contributed by atoms with Crippen molar-refractivity contribution >= 4 is 29.1 Å². The number of methoxy groups -OCH3 is 1. The predicted octanol–water partition coefficient (Wildman–Crippen LogP) is 2.45. The number of amides is 2. The van der Waals surface area contributed by atoms with Crippen molar-refractivity contribution in [2.45, 2.75) is 26.4 Å². The van der Waals surface area contributed by atoms with Crippen molar-refractivity contribution in [3.05, 3.63) is 46.0 Å². The molecule has 1 aromatic heterocycles. The van der Waals surface area contributed by atoms with Gasteiger partial charge in [0.25, 0.3) is 11.7 Å². The molecule has 152 valence electrons. The van der Waals surface area contributed by atoms with Crippen LogP contribution in [-0.2, 0) is 9.59 Å². The number of carbonyl (C=O) groups excluding carboxylic acids is 2. The zero-order valence-corrected chi connectivity index (χ0v) is 16.2. The number of hydrogen-bond acceptors (Lipinski definition) is 7. The summed E-state index contributed by atoms with van der Waals surface area (Å²) in [7, 11) is 1.48. The molecule has 10 heteroatoms. The number of ether oxygens (including phenoxy) is 2. The number of benzene rings is 1. The Morgan fingerprint density at radius 2 is 2.14 bits per heavy atom. The highest BCUT2D eigenvalue weighted by Crippen LogP contribution is 2.34. The third-order valence-corrected chi connectivity index (χ3v) is 4.38. The van der Waals surface area contributed by atoms with E-state index in [1.807, 2.05) is 13.0 Å². The average Bonchev–Trinajstić information content (AvgIpc) is 2.69. The number of nitro groups is 1. The molecule has 2 heterocycles. The number of aromatic nitrogens is 1. The van der Waals surface area contributed by atoms with Gasteiger partial charge in [0.05, 0.1) is 12.8 Å². The summed E-state index contributed by atoms with van der Waals surface area (Å²) in [5.74, 6) is -0.806. The van der Waals surface area contributed by atoms with E-state index in [4.69, 9.17) is 9.47 Å². The molecule has 0 aliphatic carbocycles. The molecule has 1 N–H and O–H groups in total. The standard InChI is InChI=1S/C19H20N4O6/c1-4-13-19(25)22(18-15(29-13)7-8-16(21-18)23(26)27)10-17(24)20-12-9-11(2)5-6-14(12)28-3/h5-9,13H,4,10H2,1-3H3,(H,20,24). The lowest BCUT2D eigenvalue weighted by Gasteiger charge is -2.30. The average molecular weight is 400 g/mol. The number of aryl methyl sites for hydroxylation is 1. The van der Waals surface area contributed by atoms with Crippen molar-refractivity contribution < 1.29 is 24.0 Å². The van der Waals surface area contributed by atoms with Gasteiger partial charge in [-0.2, -0.15) is 0 Å². The van der Waals surface area contributed by atoms with E-state index in [9.17, 15) is 19.7 Å². The van der Waals surface area contributed by atoms with E-state index in [0.29, 0.717) is 17.9 Å². The minimum atomic E-state index is -0.799. The number of carbonyl (C=O) groups is 2. The first-order valence-electron chi connectivity index (χ1n) is 8.92. The van der Waals surface area contributed by atoms with Gasteiger partial charge in [-0.3, -0.25) is 14.5 Å². The topological polar surface area (TPSA) is 124 Å². The quantitative estimate of drug-likeness (QED) is 0.583. The SMILES string of the molecule is CCC1Oc2ccc([N+](=O)[O-])nc2N(CC(=O)Nc2cc(C)ccc2OC)C1=O. The van der Waals surface area contributed by atoms with Crippen LogP contribution < -0.4 is 19.7 Å². The van der Waals surface area contributed by atoms with Crippen LogP contribution in [0.2, 0.25) is 0 Å². The Hall–Kier alpha value is -3.69. The van der Waals surface area contributed by atoms with Crippen LogP contribution in [0.1, 0.15) is 18.9 Å². The molecule has 0 fully saturated rings. The fourth-order valence-electron chi connectivity index (χ4n) is 2.96. The van der Waals surface area contributed by atoms with E-state index in [1.54, 1.807) is 19.1 Å². The summed E-state index contributed by atoms with van der Waals surface area (Å²) in [6, 6.07) is 7.87. The lowest BCUT2D eigenvalue weighted by Crippen LogP contribution is -2.49. The number of nitrogens with one attached hydrogen (secondary N) is 1. The Morgan fingerprint density at radius 3 is 2.79 bits per heavy atom. The van der Waals surface area contributed by atoms with Crippen molar-refractivity contribution in [1.82, 2.24) is 4.98 Å². The maximum absolute atomic E-state index is 12.8. The van der Waals surface area contributed by atoms with Crippen molar-refractivity contribution in [3.63, 3.8) is 0 Å². The maximum Gasteiger partial charge on any atom is 0.366 e. The molecule has 2 amide bonds. The molecular weight excluding hydrogens is 380 g/mol. The number of hydrogen-bond donors (Lipinski definition) is 1. The van der Waals surface area contributed by atoms with Crippen LogP contribution in [0, 0.1) is 17.0 Å². The van der Waals surface area contributed by atoms with E-state index in [0.717, 1.165) is 10.5 Å². The number of rotatable bonds is 6. The molecule has 0 radical (unpaired) electrons. The molecule has 3 rings (SSSR count). The summed E-state index contributed by atoms with van der Waals surface area (Å²) in [5, 5.41) is 13.8. The van der Waals surface area contributed by atoms with Crippen molar-refractivity contribution in [2.75, 3.05) is 23.9 Å². The Kier molecular flexibility index (Phi) is 5.62. The molecule has 1 aliphatic heterocycles. The lowest BCUT2D eigenvalue weighted by atomic mass is 10.2. The van der Waals surface area contributed by atoms with Gasteiger partial charge in [-0.05, 0) is 47.0 Å². The normalized spacial score (nSPS) is 15.3. The van der Waals surface area contributed by atoms with E-state index >= 15 is 0 Å². The number of pyridine rings is 1. The largest absolute Gasteiger partial charge is 0.495 e. The van der Waals surface area contributed by atoms with Gasteiger partial charge in [-0.1, -0.05) is 13.0 Å². The van der Waals surface area contributed by atoms with Gasteiger partial charge in [0.15, 0.2) is 11.9 Å². The number of anilines is 2. The van der Waals surface area contributed by atoms with E-state index in [2.05, 4.69) is 10.3 Å². The van der Waals surface area contributed by atoms with E-state index in [-0.39, 0.29) is 18.1 Å². The molecule has 1 aliphatic rings. The van der Waals surface area contributed by atoms with Crippen LogP contribution in [0.15, 0.2) is 30.3 Å². The molecule has 0 spiro atoms. The number of fused-ring (bicyclic) bond motifs is 1. The minimum absolute atomic E-state index is 0.0553. The van der Waals surface area contributed by atoms with Gasteiger partial charge >= 0.3 is 5.82 Å². The second kappa shape index (κ2) is 8.13. The Morgan fingerprint density at radius 1 is 1.38 bits per heavy atom. The predicted molar refractivity (Wildman–Crippen MR) is 104 cm³/mol. The van der Waals surface area contributed by atoms with E-state index in [1.165, 1.54) is 19.2 Å². The molecule has 29 heavy (non-hydrogen) atoms. The fraction of sp³-hybridized carbons (Fsp3) is 0.316. The Labute approximate surface area is 166 Å². The fourth-order valence-corrected chi connectivity index (χ4v) is 2.96. The Balaban J connectivity index is 1.90. The highest BCUT2D eigenvalue weighted by molar-refractivity contribution is 6.06. The molecule has 2 aromatic rings. The molecule has 0 saturated carbocycles. The monoisotopic (exact) mass is 400 g/mol. The van der Waals surface area contributed by atoms with Crippen LogP contribution in [-0.4, -0.2) is 41.5 Å². The van der Waals surface area contributed by atoms with Gasteiger partial charge in [0, 0.05) is 6.07 Å². The molecule has 1 aromatic carbocycles. The second-order valence-electron chi connectivity index (χ2n) is 6.44. The highest BCUT2D eigenvalue weighted by Gasteiger charge is 2.39. The molecule has 1 unspecified atom stereocenters. The Bertz CT molecular complexity index is 977. The summed E-state index contributed by atoms with van der Waals surface area (Å²) in [6.45, 7) is 3.25. The molecule has 0 saturated heterocycles. The number of nitrogens with zero attached hydrogens (tertiary/aromatic N) is 3. The van der Waals surface area contributed by atoms with Gasteiger partial charge in [0.1, 0.15) is 12.3 Å². The summed E-state index contributed by atoms with van der Waals surface area (Å²) >= 11 is 0. The van der Waals surface area contributed by atoms with E-state index < -0.39 is 28.7 Å². The smallest absolute Gasteiger partial charge is 0.366 e. The van der Waals surface area contributed by atoms with Gasteiger partial charge < -0.3 is 24.9 Å². The first-order chi connectivity index (χ1) is 13.8. The third kappa shape index (κ3) is 4.10. The zero-order chi connectivity index (χ0) is 21.1. The van der Waals surface area contributed by atoms with Crippen LogP contribution in [0.25, 0.3) is 0 Å². The highest BCUT2D eigenvalue weighted by atomic mass is 16.6. The minimum Gasteiger partial charge on any atom is -0.495 e.